The summed E-state index contributed by atoms with van der Waals surface area (Å²) >= 11 is 0. The Hall–Kier alpha value is -1.48. The first-order valence-corrected chi connectivity index (χ1v) is 9.70. The molecule has 0 spiro atoms. The van der Waals surface area contributed by atoms with Gasteiger partial charge in [0.25, 0.3) is 0 Å². The Balaban J connectivity index is 2.43. The molecule has 0 saturated carbocycles. The van der Waals surface area contributed by atoms with Gasteiger partial charge in [-0.2, -0.15) is 0 Å². The molecule has 0 aromatic carbocycles. The van der Waals surface area contributed by atoms with Crippen molar-refractivity contribution in [1.82, 2.24) is 9.97 Å². The van der Waals surface area contributed by atoms with E-state index >= 15 is 0 Å². The molecule has 0 atom stereocenters. The smallest absolute Gasteiger partial charge is 0.0885 e. The maximum Gasteiger partial charge on any atom is 0.0885 e. The minimum absolute atomic E-state index is 0.144. The molecule has 0 aliphatic carbocycles. The third-order valence-electron chi connectivity index (χ3n) is 3.33. The maximum absolute atomic E-state index is 4.62. The van der Waals surface area contributed by atoms with Crippen LogP contribution in [0.3, 0.4) is 0 Å². The Bertz CT molecular complexity index is 554. The molecule has 0 bridgehead atoms. The molecule has 2 heterocycles. The third-order valence-corrected chi connectivity index (χ3v) is 5.04. The summed E-state index contributed by atoms with van der Waals surface area (Å²) in [6, 6.07) is 8.49. The zero-order chi connectivity index (χ0) is 14.0. The highest BCUT2D eigenvalue weighted by Gasteiger charge is 2.15. The van der Waals surface area contributed by atoms with E-state index in [4.69, 9.17) is 0 Å². The topological polar surface area (TPSA) is 25.8 Å². The summed E-state index contributed by atoms with van der Waals surface area (Å²) in [4.78, 5) is 9.15. The highest BCUT2D eigenvalue weighted by molar-refractivity contribution is 6.72. The molecule has 0 unspecified atom stereocenters. The first kappa shape index (κ1) is 13.9. The van der Waals surface area contributed by atoms with Crippen molar-refractivity contribution in [2.45, 2.75) is 39.3 Å². The predicted octanol–water partition coefficient (Wildman–Crippen LogP) is 3.13. The van der Waals surface area contributed by atoms with E-state index in [9.17, 15) is 0 Å². The fraction of sp³-hybridized carbons (Fsp3) is 0.375. The molecular formula is C16H22N2Si. The van der Waals surface area contributed by atoms with Crippen LogP contribution in [0.15, 0.2) is 36.7 Å². The van der Waals surface area contributed by atoms with Crippen LogP contribution in [0.1, 0.15) is 26.3 Å². The van der Waals surface area contributed by atoms with E-state index in [-0.39, 0.29) is 5.41 Å². The zero-order valence-electron chi connectivity index (χ0n) is 12.4. The minimum Gasteiger partial charge on any atom is -0.255 e. The van der Waals surface area contributed by atoms with Crippen LogP contribution in [0.25, 0.3) is 11.4 Å². The van der Waals surface area contributed by atoms with Gasteiger partial charge in [0.05, 0.1) is 20.2 Å². The monoisotopic (exact) mass is 270 g/mol. The molecule has 19 heavy (non-hydrogen) atoms. The normalized spacial score (nSPS) is 11.9. The van der Waals surface area contributed by atoms with Crippen molar-refractivity contribution >= 4 is 14.0 Å². The Morgan fingerprint density at radius 2 is 1.74 bits per heavy atom. The SMILES string of the molecule is C[SiH](C)c1cccnc1-c1ccc(C(C)(C)C)cn1. The van der Waals surface area contributed by atoms with E-state index < -0.39 is 8.80 Å². The van der Waals surface area contributed by atoms with E-state index in [1.165, 1.54) is 10.8 Å². The fourth-order valence-electron chi connectivity index (χ4n) is 2.08. The third kappa shape index (κ3) is 3.10. The van der Waals surface area contributed by atoms with E-state index in [1.54, 1.807) is 0 Å². The second kappa shape index (κ2) is 5.25. The van der Waals surface area contributed by atoms with Crippen LogP contribution in [-0.4, -0.2) is 18.8 Å². The Morgan fingerprint density at radius 3 is 2.26 bits per heavy atom. The lowest BCUT2D eigenvalue weighted by molar-refractivity contribution is 0.587. The molecule has 0 aliphatic heterocycles. The maximum atomic E-state index is 4.62. The summed E-state index contributed by atoms with van der Waals surface area (Å²) in [7, 11) is -0.886. The average Bonchev–Trinajstić information content (AvgIpc) is 2.38. The van der Waals surface area contributed by atoms with Crippen molar-refractivity contribution in [3.63, 3.8) is 0 Å². The fourth-order valence-corrected chi connectivity index (χ4v) is 3.34. The molecule has 0 aliphatic rings. The average molecular weight is 270 g/mol. The van der Waals surface area contributed by atoms with Crippen molar-refractivity contribution in [2.75, 3.05) is 0 Å². The highest BCUT2D eigenvalue weighted by Crippen LogP contribution is 2.23. The van der Waals surface area contributed by atoms with Crippen molar-refractivity contribution in [3.8, 4) is 11.4 Å². The highest BCUT2D eigenvalue weighted by atomic mass is 28.3. The molecular weight excluding hydrogens is 248 g/mol. The van der Waals surface area contributed by atoms with Gasteiger partial charge in [0.15, 0.2) is 0 Å². The van der Waals surface area contributed by atoms with Crippen LogP contribution < -0.4 is 5.19 Å². The second-order valence-electron chi connectivity index (χ2n) is 6.28. The van der Waals surface area contributed by atoms with Crippen molar-refractivity contribution in [2.24, 2.45) is 0 Å². The lowest BCUT2D eigenvalue weighted by Gasteiger charge is -2.18. The number of pyridine rings is 2. The van der Waals surface area contributed by atoms with Gasteiger partial charge in [-0.1, -0.05) is 46.0 Å². The zero-order valence-corrected chi connectivity index (χ0v) is 13.6. The quantitative estimate of drug-likeness (QED) is 0.784. The van der Waals surface area contributed by atoms with E-state index in [1.807, 2.05) is 18.5 Å². The standard InChI is InChI=1S/C16H22N2Si/c1-16(2,3)12-8-9-13(18-11-12)15-14(19(4)5)7-6-10-17-15/h6-11,19H,1-5H3. The number of rotatable bonds is 2. The van der Waals surface area contributed by atoms with Gasteiger partial charge >= 0.3 is 0 Å². The summed E-state index contributed by atoms with van der Waals surface area (Å²) in [5, 5.41) is 1.39. The molecule has 3 heteroatoms. The summed E-state index contributed by atoms with van der Waals surface area (Å²) in [6.07, 6.45) is 3.84. The molecule has 2 nitrogen and oxygen atoms in total. The molecule has 100 valence electrons. The van der Waals surface area contributed by atoms with Crippen LogP contribution in [0.4, 0.5) is 0 Å². The van der Waals surface area contributed by atoms with Gasteiger partial charge < -0.3 is 0 Å². The largest absolute Gasteiger partial charge is 0.255 e. The Labute approximate surface area is 117 Å². The molecule has 0 amide bonds. The number of aromatic nitrogens is 2. The molecule has 0 radical (unpaired) electrons. The van der Waals surface area contributed by atoms with Crippen molar-refractivity contribution in [3.05, 3.63) is 42.2 Å². The molecule has 0 saturated heterocycles. The Kier molecular flexibility index (Phi) is 3.85. The molecule has 0 N–H and O–H groups in total. The molecule has 2 aromatic heterocycles. The summed E-state index contributed by atoms with van der Waals surface area (Å²) in [5.74, 6) is 0. The lowest BCUT2D eigenvalue weighted by atomic mass is 9.88. The van der Waals surface area contributed by atoms with E-state index in [0.717, 1.165) is 11.4 Å². The van der Waals surface area contributed by atoms with Gasteiger partial charge in [-0.25, -0.2) is 0 Å². The molecule has 0 fully saturated rings. The Morgan fingerprint density at radius 1 is 1.00 bits per heavy atom. The van der Waals surface area contributed by atoms with Gasteiger partial charge in [0, 0.05) is 12.4 Å². The van der Waals surface area contributed by atoms with Crippen LogP contribution in [0.2, 0.25) is 13.1 Å². The molecule has 2 rings (SSSR count). The van der Waals surface area contributed by atoms with Crippen molar-refractivity contribution < 1.29 is 0 Å². The van der Waals surface area contributed by atoms with Crippen LogP contribution in [0, 0.1) is 0 Å². The van der Waals surface area contributed by atoms with Gasteiger partial charge in [0.2, 0.25) is 0 Å². The van der Waals surface area contributed by atoms with Gasteiger partial charge in [-0.15, -0.1) is 0 Å². The number of hydrogen-bond acceptors (Lipinski definition) is 2. The summed E-state index contributed by atoms with van der Waals surface area (Å²) in [6.45, 7) is 11.3. The van der Waals surface area contributed by atoms with E-state index in [0.29, 0.717) is 0 Å². The lowest BCUT2D eigenvalue weighted by Crippen LogP contribution is -2.26. The predicted molar refractivity (Wildman–Crippen MR) is 84.7 cm³/mol. The molecule has 2 aromatic rings. The van der Waals surface area contributed by atoms with Gasteiger partial charge in [-0.05, 0) is 28.3 Å². The first-order chi connectivity index (χ1) is 8.89. The first-order valence-electron chi connectivity index (χ1n) is 6.81. The van der Waals surface area contributed by atoms with Gasteiger partial charge in [0.1, 0.15) is 0 Å². The summed E-state index contributed by atoms with van der Waals surface area (Å²) in [5.41, 5.74) is 3.45. The van der Waals surface area contributed by atoms with Crippen LogP contribution in [-0.2, 0) is 5.41 Å². The number of nitrogens with zero attached hydrogens (tertiary/aromatic N) is 2. The van der Waals surface area contributed by atoms with Gasteiger partial charge in [-0.3, -0.25) is 9.97 Å². The minimum atomic E-state index is -0.886. The second-order valence-corrected chi connectivity index (χ2v) is 9.21. The number of hydrogen-bond donors (Lipinski definition) is 0. The van der Waals surface area contributed by atoms with Crippen molar-refractivity contribution in [1.29, 1.82) is 0 Å². The van der Waals surface area contributed by atoms with E-state index in [2.05, 4.69) is 62.0 Å². The van der Waals surface area contributed by atoms with Crippen LogP contribution in [0.5, 0.6) is 0 Å². The summed E-state index contributed by atoms with van der Waals surface area (Å²) < 4.78 is 0. The van der Waals surface area contributed by atoms with Crippen LogP contribution >= 0.6 is 0 Å².